The van der Waals surface area contributed by atoms with Gasteiger partial charge in [-0.1, -0.05) is 6.92 Å². The van der Waals surface area contributed by atoms with E-state index in [0.29, 0.717) is 6.07 Å². The molecule has 1 rings (SSSR count). The lowest BCUT2D eigenvalue weighted by molar-refractivity contribution is -0.276. The van der Waals surface area contributed by atoms with Crippen molar-refractivity contribution in [2.24, 2.45) is 0 Å². The highest BCUT2D eigenvalue weighted by Gasteiger charge is 2.33. The number of hydrogen-bond donors (Lipinski definition) is 0. The maximum Gasteiger partial charge on any atom is 0.573 e. The third-order valence-corrected chi connectivity index (χ3v) is 1.82. The highest BCUT2D eigenvalue weighted by atomic mass is 19.4. The van der Waals surface area contributed by atoms with Gasteiger partial charge in [0.05, 0.1) is 0 Å². The molecule has 102 valence electrons. The minimum Gasteiger partial charge on any atom is -0.406 e. The van der Waals surface area contributed by atoms with Crippen molar-refractivity contribution in [3.8, 4) is 11.5 Å². The van der Waals surface area contributed by atoms with Gasteiger partial charge < -0.3 is 9.47 Å². The Bertz CT molecular complexity index is 376. The largest absolute Gasteiger partial charge is 0.573 e. The summed E-state index contributed by atoms with van der Waals surface area (Å²) in [4.78, 5) is 0. The molecule has 0 aromatic heterocycles. The molecular formula is C10H8F6O2. The van der Waals surface area contributed by atoms with Crippen molar-refractivity contribution in [3.63, 3.8) is 0 Å². The predicted octanol–water partition coefficient (Wildman–Crippen LogP) is 4.05. The van der Waals surface area contributed by atoms with E-state index in [-0.39, 0.29) is 12.0 Å². The molecular weight excluding hydrogens is 266 g/mol. The molecule has 0 saturated heterocycles. The first-order valence-electron chi connectivity index (χ1n) is 4.74. The Kier molecular flexibility index (Phi) is 3.98. The molecule has 18 heavy (non-hydrogen) atoms. The van der Waals surface area contributed by atoms with Crippen molar-refractivity contribution in [1.29, 1.82) is 0 Å². The minimum atomic E-state index is -4.97. The first-order valence-corrected chi connectivity index (χ1v) is 4.74. The zero-order valence-corrected chi connectivity index (χ0v) is 9.02. The number of alkyl halides is 6. The smallest absolute Gasteiger partial charge is 0.406 e. The summed E-state index contributed by atoms with van der Waals surface area (Å²) < 4.78 is 78.9. The molecule has 0 aliphatic carbocycles. The fourth-order valence-corrected chi connectivity index (χ4v) is 1.22. The summed E-state index contributed by atoms with van der Waals surface area (Å²) in [5, 5.41) is 0. The first-order chi connectivity index (χ1) is 8.09. The molecule has 1 aromatic carbocycles. The van der Waals surface area contributed by atoms with Crippen molar-refractivity contribution in [2.75, 3.05) is 0 Å². The Morgan fingerprint density at radius 2 is 1.22 bits per heavy atom. The third-order valence-electron chi connectivity index (χ3n) is 1.82. The maximum absolute atomic E-state index is 12.0. The standard InChI is InChI=1S/C10H8F6O2/c1-2-6-3-7(17-9(11,12)13)5-8(4-6)18-10(14,15)16/h3-5H,2H2,1H3. The van der Waals surface area contributed by atoms with E-state index < -0.39 is 24.2 Å². The highest BCUT2D eigenvalue weighted by molar-refractivity contribution is 5.38. The van der Waals surface area contributed by atoms with E-state index in [1.54, 1.807) is 6.92 Å². The second-order valence-corrected chi connectivity index (χ2v) is 3.26. The van der Waals surface area contributed by atoms with Gasteiger partial charge in [-0.15, -0.1) is 26.3 Å². The van der Waals surface area contributed by atoms with Crippen LogP contribution < -0.4 is 9.47 Å². The van der Waals surface area contributed by atoms with Crippen LogP contribution in [0.25, 0.3) is 0 Å². The van der Waals surface area contributed by atoms with Gasteiger partial charge in [0.25, 0.3) is 0 Å². The van der Waals surface area contributed by atoms with Crippen LogP contribution in [0.5, 0.6) is 11.5 Å². The summed E-state index contributed by atoms with van der Waals surface area (Å²) in [6, 6.07) is 2.52. The second kappa shape index (κ2) is 4.95. The zero-order valence-electron chi connectivity index (χ0n) is 9.02. The lowest BCUT2D eigenvalue weighted by Crippen LogP contribution is -2.19. The van der Waals surface area contributed by atoms with E-state index in [4.69, 9.17) is 0 Å². The maximum atomic E-state index is 12.0. The van der Waals surface area contributed by atoms with E-state index in [0.717, 1.165) is 12.1 Å². The Hall–Kier alpha value is -1.60. The van der Waals surface area contributed by atoms with Crippen molar-refractivity contribution < 1.29 is 35.8 Å². The Labute approximate surface area is 98.1 Å². The highest BCUT2D eigenvalue weighted by Crippen LogP contribution is 2.31. The number of ether oxygens (including phenoxy) is 2. The minimum absolute atomic E-state index is 0.232. The van der Waals surface area contributed by atoms with Crippen LogP contribution in [0.1, 0.15) is 12.5 Å². The molecule has 0 bridgehead atoms. The summed E-state index contributed by atoms with van der Waals surface area (Å²) in [7, 11) is 0. The SMILES string of the molecule is CCc1cc(OC(F)(F)F)cc(OC(F)(F)F)c1. The summed E-state index contributed by atoms with van der Waals surface area (Å²) in [5.41, 5.74) is 0.232. The molecule has 0 amide bonds. The molecule has 8 heteroatoms. The lowest BCUT2D eigenvalue weighted by atomic mass is 10.1. The molecule has 0 heterocycles. The Balaban J connectivity index is 3.02. The fraction of sp³-hybridized carbons (Fsp3) is 0.400. The van der Waals surface area contributed by atoms with Crippen LogP contribution in [0, 0.1) is 0 Å². The molecule has 0 spiro atoms. The first kappa shape index (κ1) is 14.5. The third kappa shape index (κ3) is 5.15. The molecule has 1 aromatic rings. The summed E-state index contributed by atoms with van der Waals surface area (Å²) in [6.45, 7) is 1.57. The predicted molar refractivity (Wildman–Crippen MR) is 49.2 cm³/mol. The average molecular weight is 274 g/mol. The molecule has 0 saturated carbocycles. The molecule has 0 fully saturated rings. The van der Waals surface area contributed by atoms with Gasteiger partial charge in [-0.25, -0.2) is 0 Å². The van der Waals surface area contributed by atoms with Gasteiger partial charge in [0, 0.05) is 6.07 Å². The van der Waals surface area contributed by atoms with Crippen LogP contribution in [0.15, 0.2) is 18.2 Å². The number of hydrogen-bond acceptors (Lipinski definition) is 2. The zero-order chi connectivity index (χ0) is 14.0. The van der Waals surface area contributed by atoms with Crippen molar-refractivity contribution in [1.82, 2.24) is 0 Å². The van der Waals surface area contributed by atoms with E-state index in [1.165, 1.54) is 0 Å². The van der Waals surface area contributed by atoms with Gasteiger partial charge in [-0.05, 0) is 24.1 Å². The van der Waals surface area contributed by atoms with Crippen LogP contribution in [0.3, 0.4) is 0 Å². The number of aryl methyl sites for hydroxylation is 1. The van der Waals surface area contributed by atoms with E-state index >= 15 is 0 Å². The van der Waals surface area contributed by atoms with Crippen LogP contribution in [-0.4, -0.2) is 12.7 Å². The molecule has 0 radical (unpaired) electrons. The van der Waals surface area contributed by atoms with Crippen LogP contribution in [-0.2, 0) is 6.42 Å². The van der Waals surface area contributed by atoms with Crippen molar-refractivity contribution >= 4 is 0 Å². The quantitative estimate of drug-likeness (QED) is 0.774. The van der Waals surface area contributed by atoms with Gasteiger partial charge in [0.2, 0.25) is 0 Å². The van der Waals surface area contributed by atoms with Gasteiger partial charge in [0.15, 0.2) is 0 Å². The lowest BCUT2D eigenvalue weighted by Gasteiger charge is -2.13. The fourth-order valence-electron chi connectivity index (χ4n) is 1.22. The van der Waals surface area contributed by atoms with Gasteiger partial charge >= 0.3 is 12.7 Å². The second-order valence-electron chi connectivity index (χ2n) is 3.26. The number of halogens is 6. The molecule has 0 unspecified atom stereocenters. The van der Waals surface area contributed by atoms with Crippen LogP contribution >= 0.6 is 0 Å². The molecule has 0 atom stereocenters. The summed E-state index contributed by atoms with van der Waals surface area (Å²) >= 11 is 0. The molecule has 0 N–H and O–H groups in total. The monoisotopic (exact) mass is 274 g/mol. The average Bonchev–Trinajstić information content (AvgIpc) is 2.11. The Morgan fingerprint density at radius 1 is 0.833 bits per heavy atom. The molecule has 0 aliphatic rings. The summed E-state index contributed by atoms with van der Waals surface area (Å²) in [5.74, 6) is -1.50. The summed E-state index contributed by atoms with van der Waals surface area (Å²) in [6.07, 6.45) is -9.70. The molecule has 0 aliphatic heterocycles. The topological polar surface area (TPSA) is 18.5 Å². The Morgan fingerprint density at radius 3 is 1.50 bits per heavy atom. The normalized spacial score (nSPS) is 12.4. The van der Waals surface area contributed by atoms with Gasteiger partial charge in [-0.3, -0.25) is 0 Å². The van der Waals surface area contributed by atoms with Crippen molar-refractivity contribution in [3.05, 3.63) is 23.8 Å². The van der Waals surface area contributed by atoms with E-state index in [2.05, 4.69) is 9.47 Å². The van der Waals surface area contributed by atoms with Gasteiger partial charge in [-0.2, -0.15) is 0 Å². The van der Waals surface area contributed by atoms with E-state index in [1.807, 2.05) is 0 Å². The van der Waals surface area contributed by atoms with Gasteiger partial charge in [0.1, 0.15) is 11.5 Å². The molecule has 2 nitrogen and oxygen atoms in total. The van der Waals surface area contributed by atoms with Crippen LogP contribution in [0.2, 0.25) is 0 Å². The van der Waals surface area contributed by atoms with E-state index in [9.17, 15) is 26.3 Å². The number of rotatable bonds is 3. The van der Waals surface area contributed by atoms with Crippen molar-refractivity contribution in [2.45, 2.75) is 26.1 Å². The number of benzene rings is 1. The van der Waals surface area contributed by atoms with Crippen LogP contribution in [0.4, 0.5) is 26.3 Å².